The summed E-state index contributed by atoms with van der Waals surface area (Å²) in [5.41, 5.74) is -0.241. The molecule has 150 valence electrons. The van der Waals surface area contributed by atoms with Gasteiger partial charge in [-0.15, -0.1) is 0 Å². The van der Waals surface area contributed by atoms with Crippen LogP contribution in [0.15, 0.2) is 11.8 Å². The Balaban J connectivity index is 2.74. The Kier molecular flexibility index (Phi) is 10.3. The molecular formula is C19H33NO6. The molecule has 1 saturated heterocycles. The SMILES string of the molecule is CCOCCOC(=O)C(C)(C/C=C1\CCCN1C)C(=O)OCCOCC. The third-order valence-electron chi connectivity index (χ3n) is 4.39. The third kappa shape index (κ3) is 6.96. The van der Waals surface area contributed by atoms with E-state index >= 15 is 0 Å². The zero-order valence-corrected chi connectivity index (χ0v) is 16.5. The van der Waals surface area contributed by atoms with Crippen LogP contribution in [0.2, 0.25) is 0 Å². The van der Waals surface area contributed by atoms with Crippen molar-refractivity contribution in [2.45, 2.75) is 40.0 Å². The van der Waals surface area contributed by atoms with Crippen molar-refractivity contribution in [3.05, 3.63) is 11.8 Å². The van der Waals surface area contributed by atoms with Gasteiger partial charge in [0, 0.05) is 32.5 Å². The van der Waals surface area contributed by atoms with Crippen molar-refractivity contribution in [2.24, 2.45) is 5.41 Å². The first kappa shape index (κ1) is 22.4. The molecular weight excluding hydrogens is 338 g/mol. The molecule has 0 spiro atoms. The second-order valence-electron chi connectivity index (χ2n) is 6.42. The van der Waals surface area contributed by atoms with Crippen molar-refractivity contribution in [1.29, 1.82) is 0 Å². The van der Waals surface area contributed by atoms with Crippen molar-refractivity contribution in [3.63, 3.8) is 0 Å². The highest BCUT2D eigenvalue weighted by Crippen LogP contribution is 2.29. The van der Waals surface area contributed by atoms with Gasteiger partial charge in [0.1, 0.15) is 13.2 Å². The Bertz CT molecular complexity index is 453. The summed E-state index contributed by atoms with van der Waals surface area (Å²) in [5.74, 6) is -1.17. The number of carbonyl (C=O) groups excluding carboxylic acids is 2. The molecule has 0 aromatic carbocycles. The van der Waals surface area contributed by atoms with E-state index < -0.39 is 17.4 Å². The van der Waals surface area contributed by atoms with Gasteiger partial charge >= 0.3 is 11.9 Å². The highest BCUT2D eigenvalue weighted by molar-refractivity contribution is 5.99. The van der Waals surface area contributed by atoms with Crippen LogP contribution in [0.5, 0.6) is 0 Å². The molecule has 0 radical (unpaired) electrons. The molecule has 0 N–H and O–H groups in total. The molecule has 1 aliphatic heterocycles. The second kappa shape index (κ2) is 11.9. The molecule has 0 aliphatic carbocycles. The van der Waals surface area contributed by atoms with E-state index in [4.69, 9.17) is 18.9 Å². The highest BCUT2D eigenvalue weighted by Gasteiger charge is 2.43. The summed E-state index contributed by atoms with van der Waals surface area (Å²) in [4.78, 5) is 27.3. The minimum atomic E-state index is -1.38. The first-order valence-electron chi connectivity index (χ1n) is 9.35. The average Bonchev–Trinajstić information content (AvgIpc) is 3.04. The molecule has 0 aromatic heterocycles. The average molecular weight is 371 g/mol. The van der Waals surface area contributed by atoms with E-state index in [9.17, 15) is 9.59 Å². The Labute approximate surface area is 156 Å². The fourth-order valence-electron chi connectivity index (χ4n) is 2.66. The maximum Gasteiger partial charge on any atom is 0.323 e. The van der Waals surface area contributed by atoms with Crippen LogP contribution < -0.4 is 0 Å². The van der Waals surface area contributed by atoms with Crippen molar-refractivity contribution < 1.29 is 28.5 Å². The topological polar surface area (TPSA) is 74.3 Å². The van der Waals surface area contributed by atoms with Gasteiger partial charge in [-0.2, -0.15) is 0 Å². The Morgan fingerprint density at radius 2 is 1.58 bits per heavy atom. The Hall–Kier alpha value is -1.60. The Morgan fingerprint density at radius 1 is 1.04 bits per heavy atom. The number of likely N-dealkylation sites (tertiary alicyclic amines) is 1. The molecule has 7 heteroatoms. The maximum absolute atomic E-state index is 12.6. The molecule has 0 atom stereocenters. The van der Waals surface area contributed by atoms with E-state index in [1.807, 2.05) is 27.0 Å². The molecule has 0 unspecified atom stereocenters. The Morgan fingerprint density at radius 3 is 2.00 bits per heavy atom. The highest BCUT2D eigenvalue weighted by atomic mass is 16.6. The first-order chi connectivity index (χ1) is 12.5. The molecule has 0 bridgehead atoms. The minimum Gasteiger partial charge on any atom is -0.462 e. The van der Waals surface area contributed by atoms with E-state index in [1.54, 1.807) is 6.92 Å². The van der Waals surface area contributed by atoms with Gasteiger partial charge in [0.15, 0.2) is 5.41 Å². The lowest BCUT2D eigenvalue weighted by Gasteiger charge is -2.25. The summed E-state index contributed by atoms with van der Waals surface area (Å²) >= 11 is 0. The summed E-state index contributed by atoms with van der Waals surface area (Å²) in [5, 5.41) is 0. The number of ether oxygens (including phenoxy) is 4. The van der Waals surface area contributed by atoms with Crippen molar-refractivity contribution in [1.82, 2.24) is 4.90 Å². The van der Waals surface area contributed by atoms with Crippen molar-refractivity contribution >= 4 is 11.9 Å². The van der Waals surface area contributed by atoms with Gasteiger partial charge in [0.2, 0.25) is 0 Å². The lowest BCUT2D eigenvalue weighted by atomic mass is 9.86. The maximum atomic E-state index is 12.6. The molecule has 0 aromatic rings. The number of hydrogen-bond acceptors (Lipinski definition) is 7. The largest absolute Gasteiger partial charge is 0.462 e. The molecule has 0 amide bonds. The summed E-state index contributed by atoms with van der Waals surface area (Å²) in [6.07, 6.45) is 4.22. The fraction of sp³-hybridized carbons (Fsp3) is 0.789. The molecule has 1 fully saturated rings. The number of esters is 2. The minimum absolute atomic E-state index is 0.116. The van der Waals surface area contributed by atoms with Crippen LogP contribution in [0, 0.1) is 5.41 Å². The van der Waals surface area contributed by atoms with Crippen molar-refractivity contribution in [2.75, 3.05) is 53.2 Å². The molecule has 1 rings (SSSR count). The quantitative estimate of drug-likeness (QED) is 0.296. The normalized spacial score (nSPS) is 16.2. The lowest BCUT2D eigenvalue weighted by Crippen LogP contribution is -2.40. The van der Waals surface area contributed by atoms with Gasteiger partial charge in [-0.1, -0.05) is 6.08 Å². The third-order valence-corrected chi connectivity index (χ3v) is 4.39. The first-order valence-corrected chi connectivity index (χ1v) is 9.35. The molecule has 0 saturated carbocycles. The smallest absolute Gasteiger partial charge is 0.323 e. The van der Waals surface area contributed by atoms with Crippen LogP contribution in [-0.4, -0.2) is 70.1 Å². The van der Waals surface area contributed by atoms with E-state index in [2.05, 4.69) is 4.90 Å². The van der Waals surface area contributed by atoms with E-state index in [0.717, 1.165) is 25.1 Å². The van der Waals surface area contributed by atoms with E-state index in [0.29, 0.717) is 26.4 Å². The van der Waals surface area contributed by atoms with Gasteiger partial charge in [0.05, 0.1) is 13.2 Å². The second-order valence-corrected chi connectivity index (χ2v) is 6.42. The number of carbonyl (C=O) groups is 2. The molecule has 1 aliphatic rings. The zero-order chi connectivity index (χ0) is 19.4. The van der Waals surface area contributed by atoms with Gasteiger partial charge in [-0.25, -0.2) is 0 Å². The number of hydrogen-bond donors (Lipinski definition) is 0. The van der Waals surface area contributed by atoms with E-state index in [1.165, 1.54) is 0 Å². The van der Waals surface area contributed by atoms with Crippen LogP contribution in [-0.2, 0) is 28.5 Å². The van der Waals surface area contributed by atoms with Crippen LogP contribution in [0.4, 0.5) is 0 Å². The van der Waals surface area contributed by atoms with Crippen LogP contribution in [0.25, 0.3) is 0 Å². The summed E-state index contributed by atoms with van der Waals surface area (Å²) in [7, 11) is 2.01. The molecule has 1 heterocycles. The molecule has 7 nitrogen and oxygen atoms in total. The lowest BCUT2D eigenvalue weighted by molar-refractivity contribution is -0.172. The van der Waals surface area contributed by atoms with Gasteiger partial charge < -0.3 is 23.8 Å². The van der Waals surface area contributed by atoms with Gasteiger partial charge in [0.25, 0.3) is 0 Å². The summed E-state index contributed by atoms with van der Waals surface area (Å²) in [6.45, 7) is 8.24. The molecule has 26 heavy (non-hydrogen) atoms. The fourth-order valence-corrected chi connectivity index (χ4v) is 2.66. The predicted octanol–water partition coefficient (Wildman–Crippen LogP) is 2.15. The standard InChI is InChI=1S/C19H33NO6/c1-5-23-12-14-25-17(21)19(3,18(22)26-15-13-24-6-2)10-9-16-8-7-11-20(16)4/h9H,5-8,10-15H2,1-4H3/b16-9+. The van der Waals surface area contributed by atoms with Crippen LogP contribution >= 0.6 is 0 Å². The van der Waals surface area contributed by atoms with E-state index in [-0.39, 0.29) is 19.6 Å². The number of rotatable bonds is 12. The van der Waals surface area contributed by atoms with Crippen LogP contribution in [0.1, 0.15) is 40.0 Å². The monoisotopic (exact) mass is 371 g/mol. The summed E-state index contributed by atoms with van der Waals surface area (Å²) < 4.78 is 20.9. The number of nitrogens with zero attached hydrogens (tertiary/aromatic N) is 1. The van der Waals surface area contributed by atoms with Gasteiger partial charge in [-0.05, 0) is 40.0 Å². The predicted molar refractivity (Wildman–Crippen MR) is 97.6 cm³/mol. The van der Waals surface area contributed by atoms with Crippen LogP contribution in [0.3, 0.4) is 0 Å². The number of allylic oxidation sites excluding steroid dienone is 2. The summed E-state index contributed by atoms with van der Waals surface area (Å²) in [6, 6.07) is 0. The van der Waals surface area contributed by atoms with Gasteiger partial charge in [-0.3, -0.25) is 9.59 Å². The van der Waals surface area contributed by atoms with Crippen molar-refractivity contribution in [3.8, 4) is 0 Å². The zero-order valence-electron chi connectivity index (χ0n) is 16.5.